The molecule has 2 aromatic heterocycles. The highest BCUT2D eigenvalue weighted by Crippen LogP contribution is 2.29. The Kier molecular flexibility index (Phi) is 3.93. The number of aromatic nitrogens is 3. The van der Waals surface area contributed by atoms with Gasteiger partial charge in [-0.2, -0.15) is 0 Å². The number of anilines is 1. The molecular formula is C10H13N5S2. The molecule has 3 N–H and O–H groups in total. The molecule has 0 unspecified atom stereocenters. The van der Waals surface area contributed by atoms with Crippen LogP contribution in [-0.4, -0.2) is 15.0 Å². The van der Waals surface area contributed by atoms with Gasteiger partial charge in [0.2, 0.25) is 0 Å². The van der Waals surface area contributed by atoms with Crippen molar-refractivity contribution in [3.63, 3.8) is 0 Å². The van der Waals surface area contributed by atoms with Crippen LogP contribution in [0.25, 0.3) is 0 Å². The van der Waals surface area contributed by atoms with Crippen LogP contribution in [0, 0.1) is 0 Å². The van der Waals surface area contributed by atoms with Gasteiger partial charge in [0.25, 0.3) is 0 Å². The van der Waals surface area contributed by atoms with Gasteiger partial charge in [0, 0.05) is 23.6 Å². The maximum absolute atomic E-state index is 5.40. The maximum Gasteiger partial charge on any atom is 0.156 e. The van der Waals surface area contributed by atoms with E-state index < -0.39 is 0 Å². The number of thiazole rings is 1. The Morgan fingerprint density at radius 2 is 2.24 bits per heavy atom. The summed E-state index contributed by atoms with van der Waals surface area (Å²) in [6, 6.07) is 1.82. The van der Waals surface area contributed by atoms with Gasteiger partial charge >= 0.3 is 0 Å². The molecule has 2 rings (SSSR count). The second-order valence-corrected chi connectivity index (χ2v) is 5.81. The summed E-state index contributed by atoms with van der Waals surface area (Å²) in [6.07, 6.45) is 1.78. The number of nitrogens with two attached hydrogens (primary N) is 1. The van der Waals surface area contributed by atoms with Gasteiger partial charge in [-0.1, -0.05) is 13.8 Å². The van der Waals surface area contributed by atoms with Crippen LogP contribution in [-0.2, 0) is 0 Å². The van der Waals surface area contributed by atoms with Crippen molar-refractivity contribution < 1.29 is 0 Å². The molecule has 17 heavy (non-hydrogen) atoms. The van der Waals surface area contributed by atoms with E-state index in [4.69, 9.17) is 5.84 Å². The lowest BCUT2D eigenvalue weighted by atomic mass is 10.2. The lowest BCUT2D eigenvalue weighted by Crippen LogP contribution is -2.11. The molecule has 0 aliphatic heterocycles. The molecule has 2 heterocycles. The molecule has 0 aliphatic rings. The van der Waals surface area contributed by atoms with Crippen molar-refractivity contribution in [3.05, 3.63) is 23.5 Å². The van der Waals surface area contributed by atoms with Crippen LogP contribution >= 0.6 is 23.1 Å². The molecule has 0 fully saturated rings. The number of rotatable bonds is 4. The monoisotopic (exact) mass is 267 g/mol. The van der Waals surface area contributed by atoms with Crippen molar-refractivity contribution in [2.45, 2.75) is 29.1 Å². The van der Waals surface area contributed by atoms with Gasteiger partial charge in [-0.3, -0.25) is 0 Å². The second-order valence-electron chi connectivity index (χ2n) is 3.65. The standard InChI is InChI=1S/C10H13N5S2/c1-6(2)9-13-7(15-11)5-8(14-9)17-10-12-3-4-16-10/h3-6H,11H2,1-2H3,(H,13,14,15). The Morgan fingerprint density at radius 3 is 2.82 bits per heavy atom. The molecule has 90 valence electrons. The molecule has 0 bridgehead atoms. The first-order valence-corrected chi connectivity index (χ1v) is 6.81. The lowest BCUT2D eigenvalue weighted by Gasteiger charge is -2.08. The van der Waals surface area contributed by atoms with Gasteiger partial charge in [0.05, 0.1) is 0 Å². The first-order chi connectivity index (χ1) is 8.19. The van der Waals surface area contributed by atoms with Crippen molar-refractivity contribution in [2.75, 3.05) is 5.43 Å². The van der Waals surface area contributed by atoms with E-state index in [1.165, 1.54) is 11.8 Å². The quantitative estimate of drug-likeness (QED) is 0.503. The van der Waals surface area contributed by atoms with Gasteiger partial charge in [0.15, 0.2) is 4.34 Å². The van der Waals surface area contributed by atoms with E-state index in [0.717, 1.165) is 15.2 Å². The lowest BCUT2D eigenvalue weighted by molar-refractivity contribution is 0.754. The molecule has 7 heteroatoms. The molecule has 0 spiro atoms. The average molecular weight is 267 g/mol. The van der Waals surface area contributed by atoms with Crippen molar-refractivity contribution in [1.29, 1.82) is 0 Å². The number of hydrazine groups is 1. The number of nitrogens with one attached hydrogen (secondary N) is 1. The van der Waals surface area contributed by atoms with E-state index in [0.29, 0.717) is 5.82 Å². The van der Waals surface area contributed by atoms with Crippen molar-refractivity contribution in [1.82, 2.24) is 15.0 Å². The Morgan fingerprint density at radius 1 is 1.41 bits per heavy atom. The van der Waals surface area contributed by atoms with Crippen LogP contribution in [0.1, 0.15) is 25.6 Å². The van der Waals surface area contributed by atoms with Crippen LogP contribution < -0.4 is 11.3 Å². The van der Waals surface area contributed by atoms with Crippen LogP contribution in [0.15, 0.2) is 27.0 Å². The summed E-state index contributed by atoms with van der Waals surface area (Å²) in [4.78, 5) is 13.0. The highest BCUT2D eigenvalue weighted by molar-refractivity contribution is 8.01. The SMILES string of the molecule is CC(C)c1nc(NN)cc(Sc2nccs2)n1. The van der Waals surface area contributed by atoms with Gasteiger partial charge in [-0.15, -0.1) is 11.3 Å². The van der Waals surface area contributed by atoms with Gasteiger partial charge < -0.3 is 5.43 Å². The van der Waals surface area contributed by atoms with Gasteiger partial charge in [-0.25, -0.2) is 20.8 Å². The molecule has 5 nitrogen and oxygen atoms in total. The summed E-state index contributed by atoms with van der Waals surface area (Å²) in [7, 11) is 0. The van der Waals surface area contributed by atoms with Crippen LogP contribution in [0.4, 0.5) is 5.82 Å². The third kappa shape index (κ3) is 3.15. The minimum atomic E-state index is 0.263. The summed E-state index contributed by atoms with van der Waals surface area (Å²) < 4.78 is 0.960. The zero-order valence-electron chi connectivity index (χ0n) is 9.54. The number of nitrogens with zero attached hydrogens (tertiary/aromatic N) is 3. The molecule has 0 saturated heterocycles. The molecule has 2 aromatic rings. The first kappa shape index (κ1) is 12.3. The van der Waals surface area contributed by atoms with Crippen molar-refractivity contribution >= 4 is 28.9 Å². The van der Waals surface area contributed by atoms with E-state index in [2.05, 4.69) is 20.4 Å². The fourth-order valence-electron chi connectivity index (χ4n) is 1.18. The van der Waals surface area contributed by atoms with Gasteiger partial charge in [0.1, 0.15) is 16.7 Å². The zero-order valence-corrected chi connectivity index (χ0v) is 11.2. The molecule has 0 atom stereocenters. The molecular weight excluding hydrogens is 254 g/mol. The van der Waals surface area contributed by atoms with E-state index in [9.17, 15) is 0 Å². The summed E-state index contributed by atoms with van der Waals surface area (Å²) in [5, 5.41) is 2.79. The fourth-order valence-corrected chi connectivity index (χ4v) is 2.75. The zero-order chi connectivity index (χ0) is 12.3. The molecule has 0 aliphatic carbocycles. The third-order valence-corrected chi connectivity index (χ3v) is 3.79. The molecule has 0 saturated carbocycles. The summed E-state index contributed by atoms with van der Waals surface area (Å²) >= 11 is 3.10. The Labute approximate surface area is 108 Å². The average Bonchev–Trinajstić information content (AvgIpc) is 2.81. The van der Waals surface area contributed by atoms with E-state index in [1.54, 1.807) is 17.5 Å². The number of hydrogen-bond donors (Lipinski definition) is 2. The smallest absolute Gasteiger partial charge is 0.156 e. The van der Waals surface area contributed by atoms with Crippen LogP contribution in [0.3, 0.4) is 0 Å². The van der Waals surface area contributed by atoms with Crippen LogP contribution in [0.2, 0.25) is 0 Å². The molecule has 0 aromatic carbocycles. The number of hydrogen-bond acceptors (Lipinski definition) is 7. The Balaban J connectivity index is 2.29. The third-order valence-electron chi connectivity index (χ3n) is 1.99. The Bertz CT molecular complexity index is 483. The van der Waals surface area contributed by atoms with E-state index in [-0.39, 0.29) is 5.92 Å². The fraction of sp³-hybridized carbons (Fsp3) is 0.300. The molecule has 0 amide bonds. The topological polar surface area (TPSA) is 76.7 Å². The Hall–Kier alpha value is -1.18. The van der Waals surface area contributed by atoms with Crippen molar-refractivity contribution in [3.8, 4) is 0 Å². The predicted molar refractivity (Wildman–Crippen MR) is 70.2 cm³/mol. The van der Waals surface area contributed by atoms with Crippen LogP contribution in [0.5, 0.6) is 0 Å². The minimum absolute atomic E-state index is 0.263. The largest absolute Gasteiger partial charge is 0.308 e. The predicted octanol–water partition coefficient (Wildman–Crippen LogP) is 2.49. The normalized spacial score (nSPS) is 10.8. The van der Waals surface area contributed by atoms with E-state index in [1.807, 2.05) is 25.3 Å². The maximum atomic E-state index is 5.40. The number of nitrogen functional groups attached to an aromatic ring is 1. The summed E-state index contributed by atoms with van der Waals surface area (Å²) in [5.41, 5.74) is 2.56. The minimum Gasteiger partial charge on any atom is -0.308 e. The van der Waals surface area contributed by atoms with E-state index >= 15 is 0 Å². The van der Waals surface area contributed by atoms with Crippen molar-refractivity contribution in [2.24, 2.45) is 5.84 Å². The molecule has 0 radical (unpaired) electrons. The first-order valence-electron chi connectivity index (χ1n) is 5.12. The highest BCUT2D eigenvalue weighted by atomic mass is 32.2. The second kappa shape index (κ2) is 5.44. The highest BCUT2D eigenvalue weighted by Gasteiger charge is 2.09. The summed E-state index contributed by atoms with van der Waals surface area (Å²) in [6.45, 7) is 4.10. The van der Waals surface area contributed by atoms with Gasteiger partial charge in [-0.05, 0) is 11.8 Å². The summed E-state index contributed by atoms with van der Waals surface area (Å²) in [5.74, 6) is 7.07.